The van der Waals surface area contributed by atoms with Gasteiger partial charge in [-0.1, -0.05) is 126 Å². The summed E-state index contributed by atoms with van der Waals surface area (Å²) in [6.45, 7) is 1.77. The first-order chi connectivity index (χ1) is 22.2. The zero-order chi connectivity index (χ0) is 31.6. The summed E-state index contributed by atoms with van der Waals surface area (Å²) in [7, 11) is 0. The number of ether oxygens (including phenoxy) is 1. The van der Waals surface area contributed by atoms with Crippen LogP contribution < -0.4 is 0 Å². The average Bonchev–Trinajstić information content (AvgIpc) is 3.07. The molecule has 256 valence electrons. The summed E-state index contributed by atoms with van der Waals surface area (Å²) in [5.74, 6) is 0.403. The van der Waals surface area contributed by atoms with E-state index in [9.17, 15) is 9.90 Å². The molecule has 0 bridgehead atoms. The third kappa shape index (κ3) is 18.3. The first-order valence-electron chi connectivity index (χ1n) is 19.5. The third-order valence-electron chi connectivity index (χ3n) is 10.5. The second-order valence-corrected chi connectivity index (χ2v) is 14.3. The third-order valence-corrected chi connectivity index (χ3v) is 10.5. The van der Waals surface area contributed by atoms with E-state index >= 15 is 0 Å². The van der Waals surface area contributed by atoms with Crippen molar-refractivity contribution in [1.29, 1.82) is 0 Å². The summed E-state index contributed by atoms with van der Waals surface area (Å²) in [4.78, 5) is 13.7. The summed E-state index contributed by atoms with van der Waals surface area (Å²) in [5, 5.41) is 9.51. The Hall–Kier alpha value is -1.65. The molecule has 0 amide bonds. The van der Waals surface area contributed by atoms with Crippen molar-refractivity contribution >= 4 is 5.97 Å². The monoisotopic (exact) mass is 624 g/mol. The van der Waals surface area contributed by atoms with Crippen LogP contribution in [0.25, 0.3) is 0 Å². The maximum atomic E-state index is 11.6. The fourth-order valence-electron chi connectivity index (χ4n) is 7.65. The Morgan fingerprint density at radius 1 is 0.578 bits per heavy atom. The van der Waals surface area contributed by atoms with Crippen molar-refractivity contribution in [3.05, 3.63) is 48.6 Å². The molecule has 1 unspecified atom stereocenters. The molecule has 0 radical (unpaired) electrons. The zero-order valence-electron chi connectivity index (χ0n) is 28.9. The van der Waals surface area contributed by atoms with E-state index < -0.39 is 5.97 Å². The van der Waals surface area contributed by atoms with E-state index in [-0.39, 0.29) is 12.1 Å². The zero-order valence-corrected chi connectivity index (χ0v) is 28.9. The van der Waals surface area contributed by atoms with Gasteiger partial charge >= 0.3 is 5.97 Å². The Morgan fingerprint density at radius 3 is 1.87 bits per heavy atom. The molecule has 0 aromatic carbocycles. The van der Waals surface area contributed by atoms with Gasteiger partial charge in [0.2, 0.25) is 0 Å². The molecule has 1 aliphatic carbocycles. The van der Waals surface area contributed by atoms with Crippen molar-refractivity contribution in [3.8, 4) is 0 Å². The number of rotatable bonds is 23. The molecule has 3 aliphatic rings. The van der Waals surface area contributed by atoms with Gasteiger partial charge in [0.05, 0.1) is 12.2 Å². The van der Waals surface area contributed by atoms with E-state index in [1.165, 1.54) is 116 Å². The number of piperidine rings is 1. The number of unbranched alkanes of at least 4 members (excludes halogenated alkanes) is 9. The quantitative estimate of drug-likeness (QED) is 0.0699. The van der Waals surface area contributed by atoms with E-state index in [0.717, 1.165) is 70.4 Å². The molecule has 2 saturated heterocycles. The van der Waals surface area contributed by atoms with Crippen LogP contribution in [-0.2, 0) is 9.53 Å². The molecule has 3 rings (SSSR count). The van der Waals surface area contributed by atoms with Gasteiger partial charge in [-0.25, -0.2) is 0 Å². The lowest BCUT2D eigenvalue weighted by molar-refractivity contribution is -0.145. The van der Waals surface area contributed by atoms with Crippen molar-refractivity contribution < 1.29 is 14.6 Å². The van der Waals surface area contributed by atoms with Gasteiger partial charge in [0.1, 0.15) is 6.04 Å². The van der Waals surface area contributed by atoms with Crippen LogP contribution in [0.2, 0.25) is 0 Å². The summed E-state index contributed by atoms with van der Waals surface area (Å²) in [5.41, 5.74) is 0. The van der Waals surface area contributed by atoms with Gasteiger partial charge in [0, 0.05) is 6.54 Å². The number of carboxylic acid groups (broad SMARTS) is 1. The van der Waals surface area contributed by atoms with E-state index in [4.69, 9.17) is 4.74 Å². The van der Waals surface area contributed by atoms with Crippen LogP contribution in [0.5, 0.6) is 0 Å². The van der Waals surface area contributed by atoms with Gasteiger partial charge in [-0.05, 0) is 102 Å². The fourth-order valence-corrected chi connectivity index (χ4v) is 7.65. The minimum Gasteiger partial charge on any atom is -0.480 e. The molecular formula is C41H69NO3. The van der Waals surface area contributed by atoms with Gasteiger partial charge in [-0.2, -0.15) is 0 Å². The number of hydrogen-bond donors (Lipinski definition) is 1. The summed E-state index contributed by atoms with van der Waals surface area (Å²) in [6, 6.07) is -0.293. The molecule has 4 heteroatoms. The lowest BCUT2D eigenvalue weighted by Gasteiger charge is -2.35. The number of likely N-dealkylation sites (tertiary alicyclic amines) is 1. The highest BCUT2D eigenvalue weighted by Crippen LogP contribution is 2.28. The van der Waals surface area contributed by atoms with Gasteiger partial charge in [0.25, 0.3) is 0 Å². The molecule has 45 heavy (non-hydrogen) atoms. The highest BCUT2D eigenvalue weighted by atomic mass is 16.5. The fraction of sp³-hybridized carbons (Fsp3) is 0.780. The molecule has 1 saturated carbocycles. The molecule has 0 spiro atoms. The minimum atomic E-state index is -0.659. The smallest absolute Gasteiger partial charge is 0.320 e. The Morgan fingerprint density at radius 2 is 1.18 bits per heavy atom. The molecule has 1 N–H and O–H groups in total. The van der Waals surface area contributed by atoms with Crippen LogP contribution in [0.1, 0.15) is 167 Å². The number of allylic oxidation sites excluding steroid dienone is 8. The summed E-state index contributed by atoms with van der Waals surface area (Å²) < 4.78 is 6.39. The van der Waals surface area contributed by atoms with Crippen LogP contribution in [0.4, 0.5) is 0 Å². The first kappa shape index (κ1) is 37.8. The molecule has 2 aliphatic heterocycles. The van der Waals surface area contributed by atoms with E-state index in [1.807, 2.05) is 0 Å². The second-order valence-electron chi connectivity index (χ2n) is 14.3. The Kier molecular flexibility index (Phi) is 21.4. The normalized spacial score (nSPS) is 24.1. The molecule has 0 aromatic heterocycles. The van der Waals surface area contributed by atoms with Crippen LogP contribution in [0, 0.1) is 5.92 Å². The van der Waals surface area contributed by atoms with Crippen LogP contribution in [-0.4, -0.2) is 47.3 Å². The second kappa shape index (κ2) is 25.4. The van der Waals surface area contributed by atoms with Gasteiger partial charge < -0.3 is 9.84 Å². The largest absolute Gasteiger partial charge is 0.480 e. The van der Waals surface area contributed by atoms with Crippen molar-refractivity contribution in [2.45, 2.75) is 185 Å². The Labute approximate surface area is 277 Å². The molecule has 2 heterocycles. The number of hydrogen-bond acceptors (Lipinski definition) is 3. The Bertz CT molecular complexity index is 855. The standard InChI is InChI=1S/C41H69NO3/c43-41(44)40-33-24-25-35-42(40)36-34-39-32-26-31-38(45-39)30-23-18-16-14-12-10-8-6-4-2-1-3-5-7-9-11-13-15-17-20-27-37-28-21-19-22-29-37/h7-10,12,14,16,18,37-40H,1-6,11,13,15,17,19-36H2,(H,43,44)/b9-7+,10-8+,14-12+,18-16+/t38-,39?,40+/m1/s1. The minimum absolute atomic E-state index is 0.288. The van der Waals surface area contributed by atoms with Gasteiger partial charge in [-0.15, -0.1) is 0 Å². The molecule has 3 atom stereocenters. The average molecular weight is 624 g/mol. The van der Waals surface area contributed by atoms with E-state index in [1.54, 1.807) is 0 Å². The van der Waals surface area contributed by atoms with Crippen molar-refractivity contribution in [1.82, 2.24) is 4.90 Å². The van der Waals surface area contributed by atoms with Gasteiger partial charge in [-0.3, -0.25) is 9.69 Å². The lowest BCUT2D eigenvalue weighted by Crippen LogP contribution is -2.46. The van der Waals surface area contributed by atoms with Crippen LogP contribution in [0.3, 0.4) is 0 Å². The number of nitrogens with zero attached hydrogens (tertiary/aromatic N) is 1. The first-order valence-corrected chi connectivity index (χ1v) is 19.5. The maximum absolute atomic E-state index is 11.6. The predicted octanol–water partition coefficient (Wildman–Crippen LogP) is 11.5. The predicted molar refractivity (Wildman–Crippen MR) is 192 cm³/mol. The molecule has 0 aromatic rings. The van der Waals surface area contributed by atoms with Crippen LogP contribution in [0.15, 0.2) is 48.6 Å². The summed E-state index contributed by atoms with van der Waals surface area (Å²) >= 11 is 0. The number of carboxylic acids is 1. The number of carbonyl (C=O) groups is 1. The van der Waals surface area contributed by atoms with Crippen molar-refractivity contribution in [2.75, 3.05) is 13.1 Å². The molecule has 4 nitrogen and oxygen atoms in total. The topological polar surface area (TPSA) is 49.8 Å². The van der Waals surface area contributed by atoms with Gasteiger partial charge in [0.15, 0.2) is 0 Å². The SMILES string of the molecule is O=C(O)[C@@H]1CCCCN1CCC1CCC[C@@H](CC/C=C/C=C/C=C/CCCCCC/C=C/CCCCCCC2CCCCC2)O1. The summed E-state index contributed by atoms with van der Waals surface area (Å²) in [6.07, 6.45) is 52.0. The van der Waals surface area contributed by atoms with Crippen molar-refractivity contribution in [3.63, 3.8) is 0 Å². The molecule has 3 fully saturated rings. The highest BCUT2D eigenvalue weighted by molar-refractivity contribution is 5.73. The molecular weight excluding hydrogens is 554 g/mol. The maximum Gasteiger partial charge on any atom is 0.320 e. The van der Waals surface area contributed by atoms with Crippen molar-refractivity contribution in [2.24, 2.45) is 5.92 Å². The Balaban J connectivity index is 1.07. The van der Waals surface area contributed by atoms with Crippen LogP contribution >= 0.6 is 0 Å². The number of aliphatic carboxylic acids is 1. The van der Waals surface area contributed by atoms with E-state index in [2.05, 4.69) is 53.5 Å². The highest BCUT2D eigenvalue weighted by Gasteiger charge is 2.29. The lowest BCUT2D eigenvalue weighted by atomic mass is 9.85. The van der Waals surface area contributed by atoms with E-state index in [0.29, 0.717) is 6.10 Å².